The number of aromatic nitrogens is 3. The van der Waals surface area contributed by atoms with Gasteiger partial charge >= 0.3 is 5.97 Å². The summed E-state index contributed by atoms with van der Waals surface area (Å²) in [5.74, 6) is 0.283. The van der Waals surface area contributed by atoms with E-state index >= 15 is 0 Å². The minimum atomic E-state index is -0.844. The fraction of sp³-hybridized carbons (Fsp3) is 0.267. The lowest BCUT2D eigenvalue weighted by atomic mass is 10.1. The lowest BCUT2D eigenvalue weighted by Gasteiger charge is -2.00. The Hall–Kier alpha value is -2.63. The van der Waals surface area contributed by atoms with Gasteiger partial charge in [-0.25, -0.2) is 0 Å². The molecule has 0 amide bonds. The molecule has 6 nitrogen and oxygen atoms in total. The Morgan fingerprint density at radius 2 is 2.05 bits per heavy atom. The van der Waals surface area contributed by atoms with E-state index in [9.17, 15) is 4.79 Å². The van der Waals surface area contributed by atoms with Gasteiger partial charge in [0.1, 0.15) is 6.54 Å². The summed E-state index contributed by atoms with van der Waals surface area (Å²) in [7, 11) is 0. The molecule has 0 unspecified atom stereocenters. The van der Waals surface area contributed by atoms with Crippen LogP contribution in [0.2, 0.25) is 0 Å². The van der Waals surface area contributed by atoms with Crippen LogP contribution >= 0.6 is 0 Å². The van der Waals surface area contributed by atoms with E-state index in [0.717, 1.165) is 16.5 Å². The third kappa shape index (κ3) is 2.65. The van der Waals surface area contributed by atoms with Crippen molar-refractivity contribution in [2.45, 2.75) is 26.3 Å². The Kier molecular flexibility index (Phi) is 3.43. The van der Waals surface area contributed by atoms with Gasteiger partial charge in [-0.05, 0) is 11.6 Å². The molecule has 1 aromatic carbocycles. The summed E-state index contributed by atoms with van der Waals surface area (Å²) in [5, 5.41) is 17.9. The minimum Gasteiger partial charge on any atom is -0.481 e. The first-order chi connectivity index (χ1) is 10.2. The van der Waals surface area contributed by atoms with Gasteiger partial charge in [-0.2, -0.15) is 0 Å². The number of hydrogen-bond acceptors (Lipinski definition) is 4. The molecule has 0 bridgehead atoms. The summed E-state index contributed by atoms with van der Waals surface area (Å²) in [6.07, 6.45) is 2.54. The molecular formula is C15H15N3O3. The average molecular weight is 285 g/mol. The van der Waals surface area contributed by atoms with Crippen LogP contribution in [0, 0.1) is 0 Å². The van der Waals surface area contributed by atoms with Crippen molar-refractivity contribution in [3.63, 3.8) is 0 Å². The van der Waals surface area contributed by atoms with Crippen LogP contribution < -0.4 is 0 Å². The first kappa shape index (κ1) is 13.4. The quantitative estimate of drug-likeness (QED) is 0.777. The fourth-order valence-corrected chi connectivity index (χ4v) is 2.40. The molecule has 108 valence electrons. The van der Waals surface area contributed by atoms with Crippen LogP contribution in [0.1, 0.15) is 24.3 Å². The van der Waals surface area contributed by atoms with Crippen LogP contribution in [0.25, 0.3) is 10.9 Å². The van der Waals surface area contributed by atoms with Gasteiger partial charge in [-0.1, -0.05) is 25.1 Å². The van der Waals surface area contributed by atoms with Crippen molar-refractivity contribution in [2.24, 2.45) is 0 Å². The normalized spacial score (nSPS) is 11.1. The summed E-state index contributed by atoms with van der Waals surface area (Å²) < 4.78 is 7.46. The summed E-state index contributed by atoms with van der Waals surface area (Å²) in [6, 6.07) is 7.71. The predicted molar refractivity (Wildman–Crippen MR) is 76.1 cm³/mol. The minimum absolute atomic E-state index is 0.00242. The number of rotatable bonds is 5. The topological polar surface area (TPSA) is 81.2 Å². The van der Waals surface area contributed by atoms with Crippen molar-refractivity contribution >= 4 is 16.9 Å². The smallest absolute Gasteiger partial charge is 0.307 e. The van der Waals surface area contributed by atoms with Gasteiger partial charge in [-0.15, -0.1) is 10.2 Å². The summed E-state index contributed by atoms with van der Waals surface area (Å²) in [5.41, 5.74) is 1.75. The average Bonchev–Trinajstić information content (AvgIpc) is 3.05. The Labute approximate surface area is 121 Å². The second-order valence-electron chi connectivity index (χ2n) is 4.81. The maximum atomic E-state index is 11.0. The number of aliphatic carboxylic acids is 1. The predicted octanol–water partition coefficient (Wildman–Crippen LogP) is 2.26. The van der Waals surface area contributed by atoms with Gasteiger partial charge in [0, 0.05) is 23.5 Å². The molecule has 0 radical (unpaired) electrons. The number of nitrogens with zero attached hydrogens (tertiary/aromatic N) is 3. The van der Waals surface area contributed by atoms with E-state index in [2.05, 4.69) is 10.2 Å². The number of fused-ring (bicyclic) bond motifs is 1. The highest BCUT2D eigenvalue weighted by atomic mass is 16.4. The van der Waals surface area contributed by atoms with Crippen molar-refractivity contribution in [1.82, 2.24) is 14.8 Å². The first-order valence-corrected chi connectivity index (χ1v) is 6.77. The van der Waals surface area contributed by atoms with Crippen LogP contribution in [-0.2, 0) is 24.2 Å². The molecule has 6 heteroatoms. The van der Waals surface area contributed by atoms with Gasteiger partial charge in [0.2, 0.25) is 11.8 Å². The van der Waals surface area contributed by atoms with E-state index in [-0.39, 0.29) is 6.42 Å². The van der Waals surface area contributed by atoms with Crippen LogP contribution in [0.4, 0.5) is 0 Å². The fourth-order valence-electron chi connectivity index (χ4n) is 2.40. The molecule has 0 aliphatic carbocycles. The highest BCUT2D eigenvalue weighted by Gasteiger charge is 2.13. The number of carboxylic acids is 1. The Bertz CT molecular complexity index is 788. The van der Waals surface area contributed by atoms with Crippen molar-refractivity contribution in [1.29, 1.82) is 0 Å². The zero-order chi connectivity index (χ0) is 14.8. The van der Waals surface area contributed by atoms with Crippen molar-refractivity contribution in [2.75, 3.05) is 0 Å². The number of hydrogen-bond donors (Lipinski definition) is 1. The van der Waals surface area contributed by atoms with Crippen LogP contribution in [0.15, 0.2) is 34.9 Å². The standard InChI is InChI=1S/C15H15N3O3/c1-2-13-16-17-14(21-13)9-18-8-10(7-15(19)20)11-5-3-4-6-12(11)18/h3-6,8H,2,7,9H2,1H3,(H,19,20). The first-order valence-electron chi connectivity index (χ1n) is 6.77. The Morgan fingerprint density at radius 3 is 2.76 bits per heavy atom. The second-order valence-corrected chi connectivity index (χ2v) is 4.81. The van der Waals surface area contributed by atoms with E-state index < -0.39 is 5.97 Å². The van der Waals surface area contributed by atoms with Crippen LogP contribution in [0.5, 0.6) is 0 Å². The number of carboxylic acid groups (broad SMARTS) is 1. The third-order valence-corrected chi connectivity index (χ3v) is 3.33. The molecule has 2 heterocycles. The third-order valence-electron chi connectivity index (χ3n) is 3.33. The Morgan fingerprint density at radius 1 is 1.29 bits per heavy atom. The van der Waals surface area contributed by atoms with Gasteiger partial charge in [-0.3, -0.25) is 4.79 Å². The highest BCUT2D eigenvalue weighted by molar-refractivity contribution is 5.87. The molecule has 1 N–H and O–H groups in total. The van der Waals surface area contributed by atoms with E-state index in [4.69, 9.17) is 9.52 Å². The molecule has 0 aliphatic rings. The monoisotopic (exact) mass is 285 g/mol. The molecule has 0 aliphatic heterocycles. The molecule has 21 heavy (non-hydrogen) atoms. The number of aryl methyl sites for hydroxylation is 1. The van der Waals surface area contributed by atoms with Crippen molar-refractivity contribution in [3.8, 4) is 0 Å². The van der Waals surface area contributed by atoms with E-state index in [1.807, 2.05) is 42.0 Å². The SMILES string of the molecule is CCc1nnc(Cn2cc(CC(=O)O)c3ccccc32)o1. The Balaban J connectivity index is 1.99. The molecule has 3 rings (SSSR count). The van der Waals surface area contributed by atoms with E-state index in [1.165, 1.54) is 0 Å². The second kappa shape index (κ2) is 5.40. The van der Waals surface area contributed by atoms with Crippen LogP contribution in [-0.4, -0.2) is 25.8 Å². The lowest BCUT2D eigenvalue weighted by Crippen LogP contribution is -2.00. The van der Waals surface area contributed by atoms with Gasteiger partial charge < -0.3 is 14.1 Å². The van der Waals surface area contributed by atoms with Gasteiger partial charge in [0.15, 0.2) is 0 Å². The van der Waals surface area contributed by atoms with Crippen molar-refractivity contribution < 1.29 is 14.3 Å². The van der Waals surface area contributed by atoms with Gasteiger partial charge in [0.25, 0.3) is 0 Å². The number of benzene rings is 1. The molecular weight excluding hydrogens is 270 g/mol. The van der Waals surface area contributed by atoms with Crippen LogP contribution in [0.3, 0.4) is 0 Å². The summed E-state index contributed by atoms with van der Waals surface area (Å²) in [6.45, 7) is 2.39. The largest absolute Gasteiger partial charge is 0.481 e. The van der Waals surface area contributed by atoms with Crippen molar-refractivity contribution in [3.05, 3.63) is 47.8 Å². The molecule has 0 fully saturated rings. The summed E-state index contributed by atoms with van der Waals surface area (Å²) >= 11 is 0. The molecule has 3 aromatic rings. The lowest BCUT2D eigenvalue weighted by molar-refractivity contribution is -0.136. The maximum absolute atomic E-state index is 11.0. The maximum Gasteiger partial charge on any atom is 0.307 e. The van der Waals surface area contributed by atoms with E-state index in [1.54, 1.807) is 0 Å². The number of carbonyl (C=O) groups is 1. The zero-order valence-electron chi connectivity index (χ0n) is 11.6. The van der Waals surface area contributed by atoms with E-state index in [0.29, 0.717) is 24.7 Å². The summed E-state index contributed by atoms with van der Waals surface area (Å²) in [4.78, 5) is 11.0. The highest BCUT2D eigenvalue weighted by Crippen LogP contribution is 2.22. The molecule has 0 spiro atoms. The molecule has 2 aromatic heterocycles. The molecule has 0 saturated carbocycles. The zero-order valence-corrected chi connectivity index (χ0v) is 11.6. The van der Waals surface area contributed by atoms with Gasteiger partial charge in [0.05, 0.1) is 6.42 Å². The molecule has 0 saturated heterocycles. The molecule has 0 atom stereocenters. The number of para-hydroxylation sites is 1.